The van der Waals surface area contributed by atoms with E-state index in [1.54, 1.807) is 12.3 Å². The minimum Gasteiger partial charge on any atom is -0.490 e. The summed E-state index contributed by atoms with van der Waals surface area (Å²) in [6, 6.07) is 10.7. The van der Waals surface area contributed by atoms with E-state index in [4.69, 9.17) is 4.74 Å². The lowest BCUT2D eigenvalue weighted by Crippen LogP contribution is -2.04. The van der Waals surface area contributed by atoms with Gasteiger partial charge in [0, 0.05) is 23.6 Å². The summed E-state index contributed by atoms with van der Waals surface area (Å²) < 4.78 is 19.0. The molecule has 0 saturated carbocycles. The second kappa shape index (κ2) is 6.50. The first-order valence-corrected chi connectivity index (χ1v) is 6.79. The van der Waals surface area contributed by atoms with Crippen molar-refractivity contribution in [1.29, 1.82) is 0 Å². The Balaban J connectivity index is 1.91. The second-order valence-electron chi connectivity index (χ2n) is 3.82. The Morgan fingerprint density at radius 2 is 2.11 bits per heavy atom. The number of hydrogen-bond acceptors (Lipinski definition) is 2. The molecule has 0 spiro atoms. The van der Waals surface area contributed by atoms with Crippen LogP contribution >= 0.6 is 15.9 Å². The zero-order valence-corrected chi connectivity index (χ0v) is 11.4. The molecule has 4 heteroatoms. The van der Waals surface area contributed by atoms with Gasteiger partial charge in [0.05, 0.1) is 6.61 Å². The lowest BCUT2D eigenvalue weighted by atomic mass is 10.2. The van der Waals surface area contributed by atoms with Crippen LogP contribution in [0, 0.1) is 5.82 Å². The van der Waals surface area contributed by atoms with Crippen LogP contribution < -0.4 is 4.74 Å². The number of halogens is 2. The van der Waals surface area contributed by atoms with E-state index in [1.807, 2.05) is 24.3 Å². The van der Waals surface area contributed by atoms with Gasteiger partial charge in [-0.05, 0) is 29.8 Å². The SMILES string of the molecule is Fc1cc(CBr)ccc1OCCc1ccccn1. The van der Waals surface area contributed by atoms with Crippen LogP contribution in [-0.4, -0.2) is 11.6 Å². The number of hydrogen-bond donors (Lipinski definition) is 0. The Morgan fingerprint density at radius 3 is 2.78 bits per heavy atom. The van der Waals surface area contributed by atoms with Crippen LogP contribution in [0.3, 0.4) is 0 Å². The Kier molecular flexibility index (Phi) is 4.70. The number of benzene rings is 1. The fraction of sp³-hybridized carbons (Fsp3) is 0.214. The van der Waals surface area contributed by atoms with Gasteiger partial charge >= 0.3 is 0 Å². The van der Waals surface area contributed by atoms with Crippen molar-refractivity contribution in [3.05, 3.63) is 59.7 Å². The van der Waals surface area contributed by atoms with Crippen LogP contribution in [0.4, 0.5) is 4.39 Å². The highest BCUT2D eigenvalue weighted by Gasteiger charge is 2.04. The maximum absolute atomic E-state index is 13.6. The van der Waals surface area contributed by atoms with Crippen molar-refractivity contribution >= 4 is 15.9 Å². The maximum atomic E-state index is 13.6. The summed E-state index contributed by atoms with van der Waals surface area (Å²) in [5.74, 6) is -0.0383. The lowest BCUT2D eigenvalue weighted by molar-refractivity contribution is 0.304. The lowest BCUT2D eigenvalue weighted by Gasteiger charge is -2.07. The number of pyridine rings is 1. The van der Waals surface area contributed by atoms with Crippen molar-refractivity contribution in [2.75, 3.05) is 6.61 Å². The van der Waals surface area contributed by atoms with Crippen LogP contribution in [-0.2, 0) is 11.8 Å². The molecular formula is C14H13BrFNO. The van der Waals surface area contributed by atoms with Gasteiger partial charge in [-0.3, -0.25) is 4.98 Å². The summed E-state index contributed by atoms with van der Waals surface area (Å²) in [6.45, 7) is 0.418. The van der Waals surface area contributed by atoms with Crippen LogP contribution in [0.5, 0.6) is 5.75 Å². The molecule has 94 valence electrons. The molecule has 0 aliphatic heterocycles. The van der Waals surface area contributed by atoms with Crippen molar-refractivity contribution < 1.29 is 9.13 Å². The molecule has 18 heavy (non-hydrogen) atoms. The Morgan fingerprint density at radius 1 is 1.22 bits per heavy atom. The number of alkyl halides is 1. The number of rotatable bonds is 5. The van der Waals surface area contributed by atoms with Crippen LogP contribution in [0.15, 0.2) is 42.6 Å². The molecule has 0 aliphatic rings. The summed E-state index contributed by atoms with van der Waals surface area (Å²) in [7, 11) is 0. The van der Waals surface area contributed by atoms with Gasteiger partial charge < -0.3 is 4.74 Å². The van der Waals surface area contributed by atoms with E-state index in [9.17, 15) is 4.39 Å². The van der Waals surface area contributed by atoms with Crippen LogP contribution in [0.1, 0.15) is 11.3 Å². The predicted octanol–water partition coefficient (Wildman–Crippen LogP) is 3.74. The van der Waals surface area contributed by atoms with Crippen LogP contribution in [0.2, 0.25) is 0 Å². The normalized spacial score (nSPS) is 10.3. The van der Waals surface area contributed by atoms with Gasteiger partial charge in [-0.1, -0.05) is 28.1 Å². The van der Waals surface area contributed by atoms with Gasteiger partial charge in [0.2, 0.25) is 0 Å². The summed E-state index contributed by atoms with van der Waals surface area (Å²) in [6.07, 6.45) is 2.40. The average Bonchev–Trinajstić information content (AvgIpc) is 2.42. The third-order valence-electron chi connectivity index (χ3n) is 2.49. The fourth-order valence-corrected chi connectivity index (χ4v) is 1.90. The molecule has 0 bridgehead atoms. The van der Waals surface area contributed by atoms with E-state index in [2.05, 4.69) is 20.9 Å². The molecule has 1 aromatic carbocycles. The van der Waals surface area contributed by atoms with Gasteiger partial charge in [-0.2, -0.15) is 0 Å². The molecule has 0 atom stereocenters. The van der Waals surface area contributed by atoms with Gasteiger partial charge in [-0.15, -0.1) is 0 Å². The third-order valence-corrected chi connectivity index (χ3v) is 3.14. The zero-order chi connectivity index (χ0) is 12.8. The Labute approximate surface area is 114 Å². The molecule has 0 N–H and O–H groups in total. The van der Waals surface area contributed by atoms with Gasteiger partial charge in [0.1, 0.15) is 0 Å². The van der Waals surface area contributed by atoms with E-state index in [1.165, 1.54) is 6.07 Å². The van der Waals surface area contributed by atoms with Crippen molar-refractivity contribution in [3.63, 3.8) is 0 Å². The molecule has 2 nitrogen and oxygen atoms in total. The highest BCUT2D eigenvalue weighted by Crippen LogP contribution is 2.19. The first-order chi connectivity index (χ1) is 8.79. The Bertz CT molecular complexity index is 504. The predicted molar refractivity (Wildman–Crippen MR) is 72.5 cm³/mol. The summed E-state index contributed by atoms with van der Waals surface area (Å²) >= 11 is 3.28. The molecule has 0 radical (unpaired) electrons. The van der Waals surface area contributed by atoms with Gasteiger partial charge in [0.15, 0.2) is 11.6 Å². The molecule has 1 aromatic heterocycles. The molecule has 2 rings (SSSR count). The molecule has 0 aliphatic carbocycles. The van der Waals surface area contributed by atoms with Crippen LogP contribution in [0.25, 0.3) is 0 Å². The molecule has 0 unspecified atom stereocenters. The quantitative estimate of drug-likeness (QED) is 0.785. The fourth-order valence-electron chi connectivity index (χ4n) is 1.56. The summed E-state index contributed by atoms with van der Waals surface area (Å²) in [4.78, 5) is 4.18. The standard InChI is InChI=1S/C14H13BrFNO/c15-10-11-4-5-14(13(16)9-11)18-8-6-12-3-1-2-7-17-12/h1-5,7,9H,6,8,10H2. The van der Waals surface area contributed by atoms with E-state index in [0.29, 0.717) is 18.4 Å². The monoisotopic (exact) mass is 309 g/mol. The number of ether oxygens (including phenoxy) is 1. The number of aromatic nitrogens is 1. The first-order valence-electron chi connectivity index (χ1n) is 5.66. The summed E-state index contributed by atoms with van der Waals surface area (Å²) in [5, 5.41) is 0.637. The molecule has 0 amide bonds. The van der Waals surface area contributed by atoms with E-state index in [-0.39, 0.29) is 11.6 Å². The molecule has 1 heterocycles. The van der Waals surface area contributed by atoms with Crippen molar-refractivity contribution in [1.82, 2.24) is 4.98 Å². The minimum absolute atomic E-state index is 0.288. The summed E-state index contributed by atoms with van der Waals surface area (Å²) in [5.41, 5.74) is 1.83. The maximum Gasteiger partial charge on any atom is 0.165 e. The van der Waals surface area contributed by atoms with Crippen molar-refractivity contribution in [2.24, 2.45) is 0 Å². The minimum atomic E-state index is -0.326. The smallest absolute Gasteiger partial charge is 0.165 e. The first kappa shape index (κ1) is 13.0. The van der Waals surface area contributed by atoms with Crippen molar-refractivity contribution in [3.8, 4) is 5.75 Å². The third kappa shape index (κ3) is 3.53. The van der Waals surface area contributed by atoms with E-state index >= 15 is 0 Å². The molecular weight excluding hydrogens is 297 g/mol. The highest BCUT2D eigenvalue weighted by atomic mass is 79.9. The Hall–Kier alpha value is -1.42. The van der Waals surface area contributed by atoms with E-state index < -0.39 is 0 Å². The van der Waals surface area contributed by atoms with Gasteiger partial charge in [-0.25, -0.2) is 4.39 Å². The van der Waals surface area contributed by atoms with Gasteiger partial charge in [0.25, 0.3) is 0 Å². The topological polar surface area (TPSA) is 22.1 Å². The van der Waals surface area contributed by atoms with Crippen molar-refractivity contribution in [2.45, 2.75) is 11.8 Å². The molecule has 0 saturated heterocycles. The number of nitrogens with zero attached hydrogens (tertiary/aromatic N) is 1. The molecule has 2 aromatic rings. The highest BCUT2D eigenvalue weighted by molar-refractivity contribution is 9.08. The zero-order valence-electron chi connectivity index (χ0n) is 9.77. The van der Waals surface area contributed by atoms with E-state index in [0.717, 1.165) is 11.3 Å². The second-order valence-corrected chi connectivity index (χ2v) is 4.38. The average molecular weight is 310 g/mol. The molecule has 0 fully saturated rings. The largest absolute Gasteiger partial charge is 0.490 e.